The Morgan fingerprint density at radius 3 is 2.31 bits per heavy atom. The quantitative estimate of drug-likeness (QED) is 0.313. The van der Waals surface area contributed by atoms with E-state index in [1.807, 2.05) is 13.0 Å². The standard InChI is InChI=1S/C28H22O/c1-3-10-19-15-17-24-27(22(19)4-2)26(21-12-6-5-7-13-21)28-23-14-9-8-11-20(23)16-18-25(28)29-24/h3-18,26H,2H2,1H3/b10-3-. The summed E-state index contributed by atoms with van der Waals surface area (Å²) in [5, 5.41) is 2.46. The molecule has 0 bridgehead atoms. The average Bonchev–Trinajstić information content (AvgIpc) is 2.78. The minimum Gasteiger partial charge on any atom is -0.457 e. The van der Waals surface area contributed by atoms with Crippen molar-refractivity contribution in [1.29, 1.82) is 0 Å². The van der Waals surface area contributed by atoms with E-state index in [-0.39, 0.29) is 5.92 Å². The van der Waals surface area contributed by atoms with Gasteiger partial charge in [0.25, 0.3) is 0 Å². The van der Waals surface area contributed by atoms with Gasteiger partial charge in [0.15, 0.2) is 0 Å². The van der Waals surface area contributed by atoms with Gasteiger partial charge in [0.05, 0.1) is 0 Å². The largest absolute Gasteiger partial charge is 0.457 e. The van der Waals surface area contributed by atoms with Crippen molar-refractivity contribution >= 4 is 22.9 Å². The molecule has 1 unspecified atom stereocenters. The second-order valence-corrected chi connectivity index (χ2v) is 7.33. The fraction of sp³-hybridized carbons (Fsp3) is 0.0714. The number of fused-ring (bicyclic) bond motifs is 4. The fourth-order valence-corrected chi connectivity index (χ4v) is 4.48. The highest BCUT2D eigenvalue weighted by Crippen LogP contribution is 2.51. The lowest BCUT2D eigenvalue weighted by Gasteiger charge is -2.32. The van der Waals surface area contributed by atoms with Gasteiger partial charge in [-0.15, -0.1) is 0 Å². The van der Waals surface area contributed by atoms with Crippen LogP contribution in [0.4, 0.5) is 0 Å². The Hall–Kier alpha value is -3.58. The maximum atomic E-state index is 6.44. The molecule has 0 saturated carbocycles. The van der Waals surface area contributed by atoms with E-state index in [9.17, 15) is 0 Å². The molecule has 140 valence electrons. The highest BCUT2D eigenvalue weighted by molar-refractivity contribution is 5.91. The van der Waals surface area contributed by atoms with Gasteiger partial charge in [-0.1, -0.05) is 91.5 Å². The predicted octanol–water partition coefficient (Wildman–Crippen LogP) is 7.80. The van der Waals surface area contributed by atoms with E-state index in [1.54, 1.807) is 0 Å². The Bertz CT molecular complexity index is 1250. The second-order valence-electron chi connectivity index (χ2n) is 7.33. The third-order valence-corrected chi connectivity index (χ3v) is 5.69. The van der Waals surface area contributed by atoms with Gasteiger partial charge in [0.2, 0.25) is 0 Å². The predicted molar refractivity (Wildman–Crippen MR) is 123 cm³/mol. The number of allylic oxidation sites excluding steroid dienone is 1. The summed E-state index contributed by atoms with van der Waals surface area (Å²) in [5.41, 5.74) is 5.96. The van der Waals surface area contributed by atoms with Crippen LogP contribution in [0.1, 0.15) is 40.7 Å². The monoisotopic (exact) mass is 374 g/mol. The molecular weight excluding hydrogens is 352 g/mol. The normalized spacial score (nSPS) is 15.0. The Balaban J connectivity index is 1.90. The minimum absolute atomic E-state index is 0.0826. The van der Waals surface area contributed by atoms with E-state index in [0.717, 1.165) is 22.6 Å². The molecule has 0 aliphatic carbocycles. The number of ether oxygens (including phenoxy) is 1. The van der Waals surface area contributed by atoms with Crippen LogP contribution in [0, 0.1) is 0 Å². The molecule has 1 atom stereocenters. The van der Waals surface area contributed by atoms with Gasteiger partial charge in [-0.05, 0) is 46.5 Å². The molecule has 1 aliphatic heterocycles. The second kappa shape index (κ2) is 7.10. The molecule has 5 rings (SSSR count). The first-order chi connectivity index (χ1) is 14.3. The molecule has 0 spiro atoms. The van der Waals surface area contributed by atoms with Gasteiger partial charge in [0, 0.05) is 17.0 Å². The van der Waals surface area contributed by atoms with E-state index in [2.05, 4.69) is 97.6 Å². The molecule has 4 aromatic carbocycles. The first-order valence-electron chi connectivity index (χ1n) is 9.98. The lowest BCUT2D eigenvalue weighted by atomic mass is 9.77. The van der Waals surface area contributed by atoms with Crippen LogP contribution < -0.4 is 4.74 Å². The van der Waals surface area contributed by atoms with Crippen molar-refractivity contribution in [2.45, 2.75) is 12.8 Å². The van der Waals surface area contributed by atoms with Crippen molar-refractivity contribution in [3.8, 4) is 11.5 Å². The lowest BCUT2D eigenvalue weighted by Crippen LogP contribution is -2.14. The maximum Gasteiger partial charge on any atom is 0.132 e. The summed E-state index contributed by atoms with van der Waals surface area (Å²) in [7, 11) is 0. The molecule has 1 nitrogen and oxygen atoms in total. The van der Waals surface area contributed by atoms with Crippen molar-refractivity contribution in [3.05, 3.63) is 119 Å². The molecular formula is C28H22O. The molecule has 1 aliphatic rings. The van der Waals surface area contributed by atoms with E-state index in [0.29, 0.717) is 0 Å². The first-order valence-corrected chi connectivity index (χ1v) is 9.98. The zero-order chi connectivity index (χ0) is 19.8. The van der Waals surface area contributed by atoms with Crippen LogP contribution in [-0.4, -0.2) is 0 Å². The van der Waals surface area contributed by atoms with Crippen LogP contribution in [0.25, 0.3) is 22.9 Å². The smallest absolute Gasteiger partial charge is 0.132 e. The zero-order valence-corrected chi connectivity index (χ0v) is 16.4. The van der Waals surface area contributed by atoms with Crippen molar-refractivity contribution < 1.29 is 4.74 Å². The molecule has 29 heavy (non-hydrogen) atoms. The van der Waals surface area contributed by atoms with Crippen molar-refractivity contribution in [3.63, 3.8) is 0 Å². The van der Waals surface area contributed by atoms with Crippen molar-refractivity contribution in [2.24, 2.45) is 0 Å². The summed E-state index contributed by atoms with van der Waals surface area (Å²) < 4.78 is 6.44. The first kappa shape index (κ1) is 17.5. The van der Waals surface area contributed by atoms with E-state index < -0.39 is 0 Å². The Morgan fingerprint density at radius 1 is 0.793 bits per heavy atom. The van der Waals surface area contributed by atoms with Gasteiger partial charge >= 0.3 is 0 Å². The van der Waals surface area contributed by atoms with E-state index in [1.165, 1.54) is 27.5 Å². The van der Waals surface area contributed by atoms with Crippen LogP contribution >= 0.6 is 0 Å². The molecule has 0 radical (unpaired) electrons. The third-order valence-electron chi connectivity index (χ3n) is 5.69. The molecule has 0 N–H and O–H groups in total. The SMILES string of the molecule is C=Cc1c(/C=C\C)ccc2c1C(c1ccccc1)c1c(ccc3ccccc13)O2. The highest BCUT2D eigenvalue weighted by atomic mass is 16.5. The van der Waals surface area contributed by atoms with E-state index >= 15 is 0 Å². The van der Waals surface area contributed by atoms with Crippen LogP contribution in [-0.2, 0) is 0 Å². The number of rotatable bonds is 3. The van der Waals surface area contributed by atoms with Gasteiger partial charge in [-0.2, -0.15) is 0 Å². The van der Waals surface area contributed by atoms with Crippen molar-refractivity contribution in [1.82, 2.24) is 0 Å². The van der Waals surface area contributed by atoms with Crippen LogP contribution in [0.2, 0.25) is 0 Å². The number of benzene rings is 4. The number of hydrogen-bond acceptors (Lipinski definition) is 1. The maximum absolute atomic E-state index is 6.44. The molecule has 0 saturated heterocycles. The van der Waals surface area contributed by atoms with Crippen molar-refractivity contribution in [2.75, 3.05) is 0 Å². The number of hydrogen-bond donors (Lipinski definition) is 0. The summed E-state index contributed by atoms with van der Waals surface area (Å²) >= 11 is 0. The van der Waals surface area contributed by atoms with E-state index in [4.69, 9.17) is 4.74 Å². The van der Waals surface area contributed by atoms with Gasteiger partial charge in [-0.3, -0.25) is 0 Å². The molecule has 0 amide bonds. The molecule has 0 aromatic heterocycles. The summed E-state index contributed by atoms with van der Waals surface area (Å²) in [5.74, 6) is 1.92. The highest BCUT2D eigenvalue weighted by Gasteiger charge is 2.32. The lowest BCUT2D eigenvalue weighted by molar-refractivity contribution is 0.454. The third kappa shape index (κ3) is 2.78. The van der Waals surface area contributed by atoms with Gasteiger partial charge < -0.3 is 4.74 Å². The summed E-state index contributed by atoms with van der Waals surface area (Å²) in [6.07, 6.45) is 6.17. The summed E-state index contributed by atoms with van der Waals surface area (Å²) in [6, 6.07) is 27.7. The zero-order valence-electron chi connectivity index (χ0n) is 16.4. The average molecular weight is 374 g/mol. The van der Waals surface area contributed by atoms with Gasteiger partial charge in [-0.25, -0.2) is 0 Å². The molecule has 1 heteroatoms. The Kier molecular flexibility index (Phi) is 4.29. The fourth-order valence-electron chi connectivity index (χ4n) is 4.48. The minimum atomic E-state index is 0.0826. The Labute approximate surface area is 171 Å². The summed E-state index contributed by atoms with van der Waals surface area (Å²) in [6.45, 7) is 6.18. The summed E-state index contributed by atoms with van der Waals surface area (Å²) in [4.78, 5) is 0. The molecule has 1 heterocycles. The molecule has 0 fully saturated rings. The molecule has 4 aromatic rings. The van der Waals surface area contributed by atoms with Gasteiger partial charge in [0.1, 0.15) is 11.5 Å². The van der Waals surface area contributed by atoms with Crippen LogP contribution in [0.15, 0.2) is 91.5 Å². The topological polar surface area (TPSA) is 9.23 Å². The Morgan fingerprint density at radius 2 is 1.52 bits per heavy atom. The van der Waals surface area contributed by atoms with Crippen LogP contribution in [0.5, 0.6) is 11.5 Å². The van der Waals surface area contributed by atoms with Crippen LogP contribution in [0.3, 0.4) is 0 Å².